The average molecular weight is 1160 g/mol. The molecule has 1 heterocycles. The molecule has 6 N–H and O–H groups in total. The zero-order chi connectivity index (χ0) is 60.0. The molecule has 0 aromatic heterocycles. The van der Waals surface area contributed by atoms with Crippen LogP contribution in [0.15, 0.2) is 97.2 Å². The van der Waals surface area contributed by atoms with Gasteiger partial charge in [0, 0.05) is 6.42 Å². The Morgan fingerprint density at radius 2 is 0.759 bits per heavy atom. The Morgan fingerprint density at radius 3 is 1.16 bits per heavy atom. The number of aliphatic hydroxyl groups is 5. The first-order chi connectivity index (χ1) is 40.8. The largest absolute Gasteiger partial charge is 0.394 e. The van der Waals surface area contributed by atoms with Crippen LogP contribution in [0.2, 0.25) is 0 Å². The molecule has 9 nitrogen and oxygen atoms in total. The number of rotatable bonds is 60. The summed E-state index contributed by atoms with van der Waals surface area (Å²) in [6.07, 6.45) is 83.7. The Kier molecular flexibility index (Phi) is 58.5. The topological polar surface area (TPSA) is 149 Å². The number of hydrogen-bond acceptors (Lipinski definition) is 8. The molecule has 7 atom stereocenters. The molecular formula is C74H131NO8. The molecule has 0 aromatic carbocycles. The first kappa shape index (κ1) is 78.1. The van der Waals surface area contributed by atoms with Gasteiger partial charge in [0.15, 0.2) is 6.29 Å². The van der Waals surface area contributed by atoms with Gasteiger partial charge in [0.25, 0.3) is 0 Å². The van der Waals surface area contributed by atoms with Gasteiger partial charge in [0.2, 0.25) is 5.91 Å². The minimum absolute atomic E-state index is 0.184. The van der Waals surface area contributed by atoms with Crippen LogP contribution in [0, 0.1) is 0 Å². The zero-order valence-electron chi connectivity index (χ0n) is 53.7. The number of unbranched alkanes of at least 4 members (excludes halogenated alkanes) is 36. The second-order valence-electron chi connectivity index (χ2n) is 23.9. The van der Waals surface area contributed by atoms with Crippen LogP contribution < -0.4 is 5.32 Å². The predicted octanol–water partition coefficient (Wildman–Crippen LogP) is 19.1. The Morgan fingerprint density at radius 1 is 0.422 bits per heavy atom. The number of allylic oxidation sites excluding steroid dienone is 15. The van der Waals surface area contributed by atoms with Gasteiger partial charge in [-0.1, -0.05) is 317 Å². The van der Waals surface area contributed by atoms with E-state index in [0.717, 1.165) is 77.0 Å². The average Bonchev–Trinajstić information content (AvgIpc) is 3.60. The molecule has 0 radical (unpaired) electrons. The summed E-state index contributed by atoms with van der Waals surface area (Å²) in [5, 5.41) is 54.7. The Bertz CT molecular complexity index is 1630. The maximum atomic E-state index is 13.1. The van der Waals surface area contributed by atoms with E-state index in [2.05, 4.69) is 104 Å². The molecule has 83 heavy (non-hydrogen) atoms. The van der Waals surface area contributed by atoms with E-state index >= 15 is 0 Å². The third-order valence-corrected chi connectivity index (χ3v) is 16.1. The van der Waals surface area contributed by atoms with Crippen molar-refractivity contribution >= 4 is 5.91 Å². The molecule has 0 bridgehead atoms. The molecule has 0 aliphatic carbocycles. The third kappa shape index (κ3) is 50.9. The van der Waals surface area contributed by atoms with Crippen molar-refractivity contribution < 1.29 is 39.8 Å². The van der Waals surface area contributed by atoms with Crippen molar-refractivity contribution in [3.8, 4) is 0 Å². The van der Waals surface area contributed by atoms with Crippen LogP contribution in [0.3, 0.4) is 0 Å². The Labute approximate surface area is 511 Å². The molecule has 480 valence electrons. The lowest BCUT2D eigenvalue weighted by atomic mass is 9.99. The van der Waals surface area contributed by atoms with Crippen molar-refractivity contribution in [3.05, 3.63) is 97.2 Å². The molecule has 1 aliphatic rings. The summed E-state index contributed by atoms with van der Waals surface area (Å²) in [4.78, 5) is 13.1. The van der Waals surface area contributed by atoms with Gasteiger partial charge in [0.1, 0.15) is 24.4 Å². The lowest BCUT2D eigenvalue weighted by Gasteiger charge is -2.40. The van der Waals surface area contributed by atoms with Gasteiger partial charge in [-0.15, -0.1) is 0 Å². The molecule has 1 aliphatic heterocycles. The van der Waals surface area contributed by atoms with Crippen LogP contribution >= 0.6 is 0 Å². The first-order valence-electron chi connectivity index (χ1n) is 35.0. The highest BCUT2D eigenvalue weighted by Crippen LogP contribution is 2.23. The summed E-state index contributed by atoms with van der Waals surface area (Å²) in [5.74, 6) is -0.184. The van der Waals surface area contributed by atoms with Gasteiger partial charge in [-0.05, 0) is 83.5 Å². The van der Waals surface area contributed by atoms with Gasteiger partial charge >= 0.3 is 0 Å². The number of amides is 1. The molecule has 1 saturated heterocycles. The van der Waals surface area contributed by atoms with E-state index in [9.17, 15) is 30.3 Å². The van der Waals surface area contributed by atoms with Crippen molar-refractivity contribution in [2.75, 3.05) is 13.2 Å². The van der Waals surface area contributed by atoms with Crippen LogP contribution in [0.25, 0.3) is 0 Å². The van der Waals surface area contributed by atoms with E-state index in [-0.39, 0.29) is 12.5 Å². The molecule has 1 amide bonds. The maximum Gasteiger partial charge on any atom is 0.220 e. The summed E-state index contributed by atoms with van der Waals surface area (Å²) in [6.45, 7) is 3.68. The normalized spacial score (nSPS) is 18.9. The Balaban J connectivity index is 2.10. The van der Waals surface area contributed by atoms with Crippen LogP contribution in [-0.2, 0) is 14.3 Å². The molecule has 0 aromatic rings. The van der Waals surface area contributed by atoms with E-state index in [1.165, 1.54) is 212 Å². The van der Waals surface area contributed by atoms with E-state index in [1.807, 2.05) is 6.08 Å². The first-order valence-corrected chi connectivity index (χ1v) is 35.0. The van der Waals surface area contributed by atoms with E-state index in [4.69, 9.17) is 9.47 Å². The molecule has 0 saturated carbocycles. The van der Waals surface area contributed by atoms with Crippen molar-refractivity contribution in [3.63, 3.8) is 0 Å². The number of ether oxygens (including phenoxy) is 2. The molecule has 1 fully saturated rings. The second-order valence-corrected chi connectivity index (χ2v) is 23.9. The summed E-state index contributed by atoms with van der Waals surface area (Å²) in [7, 11) is 0. The quantitative estimate of drug-likeness (QED) is 0.0261. The number of hydrogen-bond donors (Lipinski definition) is 6. The van der Waals surface area contributed by atoms with Gasteiger partial charge in [-0.25, -0.2) is 0 Å². The molecule has 9 heteroatoms. The highest BCUT2D eigenvalue weighted by molar-refractivity contribution is 5.76. The molecular weight excluding hydrogens is 1030 g/mol. The third-order valence-electron chi connectivity index (χ3n) is 16.1. The summed E-state index contributed by atoms with van der Waals surface area (Å²) in [6, 6.07) is -0.826. The molecule has 1 rings (SSSR count). The smallest absolute Gasteiger partial charge is 0.220 e. The van der Waals surface area contributed by atoms with Crippen molar-refractivity contribution in [2.45, 2.75) is 352 Å². The monoisotopic (exact) mass is 1160 g/mol. The standard InChI is InChI=1S/C74H131NO8/c1-3-5-7-9-11-13-15-17-19-21-23-25-26-27-28-29-30-31-32-33-34-35-36-37-38-39-40-41-42-44-46-48-50-52-54-56-58-60-62-64-70(78)75-67(66-82-74-73(81)72(80)71(79)69(65-76)83-74)68(77)63-61-59-57-55-53-51-49-47-45-43-24-22-20-18-16-14-12-10-8-6-4-2/h5,7,11,13,17,19,23,25,27-28,30-31,53,55,61,63,67-69,71-74,76-77,79-81H,3-4,6,8-10,12,14-16,18,20-22,24,26,29,32-52,54,56-60,62,64-66H2,1-2H3,(H,75,78)/b7-5-,13-11-,19-17-,25-23-,28-27-,31-30-,55-53+,63-61+. The molecule has 0 spiro atoms. The fourth-order valence-corrected chi connectivity index (χ4v) is 10.7. The highest BCUT2D eigenvalue weighted by Gasteiger charge is 2.44. The number of carbonyl (C=O) groups is 1. The van der Waals surface area contributed by atoms with Crippen molar-refractivity contribution in [1.82, 2.24) is 5.32 Å². The SMILES string of the molecule is CC/C=C\C/C=C\C/C=C\C/C=C\C/C=C\C/C=C\CCCCCCCCCCCCCCCCCCCCCCC(=O)NC(COC1OC(CO)C(O)C(O)C1O)C(O)/C=C/CC/C=C/CCCCCCCCCCCCCCCCC. The van der Waals surface area contributed by atoms with Crippen LogP contribution in [0.1, 0.15) is 309 Å². The number of aliphatic hydroxyl groups excluding tert-OH is 5. The minimum Gasteiger partial charge on any atom is -0.394 e. The van der Waals surface area contributed by atoms with Gasteiger partial charge in [-0.3, -0.25) is 4.79 Å². The maximum absolute atomic E-state index is 13.1. The highest BCUT2D eigenvalue weighted by atomic mass is 16.7. The predicted molar refractivity (Wildman–Crippen MR) is 355 cm³/mol. The van der Waals surface area contributed by atoms with E-state index in [1.54, 1.807) is 6.08 Å². The van der Waals surface area contributed by atoms with Crippen LogP contribution in [0.5, 0.6) is 0 Å². The summed E-state index contributed by atoms with van der Waals surface area (Å²) < 4.78 is 11.3. The van der Waals surface area contributed by atoms with Crippen molar-refractivity contribution in [1.29, 1.82) is 0 Å². The molecule has 7 unspecified atom stereocenters. The lowest BCUT2D eigenvalue weighted by molar-refractivity contribution is -0.302. The van der Waals surface area contributed by atoms with Crippen molar-refractivity contribution in [2.24, 2.45) is 0 Å². The van der Waals surface area contributed by atoms with Crippen LogP contribution in [-0.4, -0.2) is 87.5 Å². The fourth-order valence-electron chi connectivity index (χ4n) is 10.7. The minimum atomic E-state index is -1.58. The van der Waals surface area contributed by atoms with Crippen LogP contribution in [0.4, 0.5) is 0 Å². The van der Waals surface area contributed by atoms with Gasteiger partial charge in [-0.2, -0.15) is 0 Å². The second kappa shape index (κ2) is 62.2. The van der Waals surface area contributed by atoms with Gasteiger partial charge < -0.3 is 40.3 Å². The summed E-state index contributed by atoms with van der Waals surface area (Å²) in [5.41, 5.74) is 0. The van der Waals surface area contributed by atoms with E-state index < -0.39 is 49.5 Å². The Hall–Kier alpha value is -2.89. The summed E-state index contributed by atoms with van der Waals surface area (Å²) >= 11 is 0. The number of nitrogens with one attached hydrogen (secondary N) is 1. The number of carbonyl (C=O) groups excluding carboxylic acids is 1. The van der Waals surface area contributed by atoms with E-state index in [0.29, 0.717) is 6.42 Å². The zero-order valence-corrected chi connectivity index (χ0v) is 53.7. The lowest BCUT2D eigenvalue weighted by Crippen LogP contribution is -2.60. The fraction of sp³-hybridized carbons (Fsp3) is 0.770. The van der Waals surface area contributed by atoms with Gasteiger partial charge in [0.05, 0.1) is 25.4 Å².